The lowest BCUT2D eigenvalue weighted by Crippen LogP contribution is -2.42. The molecule has 0 amide bonds. The van der Waals surface area contributed by atoms with Crippen LogP contribution in [-0.2, 0) is 0 Å². The van der Waals surface area contributed by atoms with E-state index in [9.17, 15) is 0 Å². The van der Waals surface area contributed by atoms with E-state index in [1.54, 1.807) is 0 Å². The minimum absolute atomic E-state index is 0.516. The Bertz CT molecular complexity index is 430. The van der Waals surface area contributed by atoms with E-state index >= 15 is 0 Å². The fourth-order valence-corrected chi connectivity index (χ4v) is 2.83. The van der Waals surface area contributed by atoms with E-state index in [0.29, 0.717) is 12.0 Å². The quantitative estimate of drug-likeness (QED) is 0.625. The van der Waals surface area contributed by atoms with Gasteiger partial charge in [0, 0.05) is 11.7 Å². The summed E-state index contributed by atoms with van der Waals surface area (Å²) >= 11 is 0. The molecule has 1 fully saturated rings. The zero-order valence-electron chi connectivity index (χ0n) is 13.1. The van der Waals surface area contributed by atoms with Crippen LogP contribution in [0.4, 0.5) is 5.69 Å². The summed E-state index contributed by atoms with van der Waals surface area (Å²) in [7, 11) is 0. The molecule has 1 atom stereocenters. The fourth-order valence-electron chi connectivity index (χ4n) is 2.83. The van der Waals surface area contributed by atoms with Gasteiger partial charge in [0.15, 0.2) is 5.96 Å². The van der Waals surface area contributed by atoms with Crippen molar-refractivity contribution >= 4 is 11.6 Å². The predicted molar refractivity (Wildman–Crippen MR) is 90.7 cm³/mol. The number of hydrogen-bond acceptors (Lipinski definition) is 2. The van der Waals surface area contributed by atoms with Gasteiger partial charge in [0.05, 0.1) is 6.54 Å². The van der Waals surface area contributed by atoms with Gasteiger partial charge in [0.2, 0.25) is 0 Å². The van der Waals surface area contributed by atoms with Crippen molar-refractivity contribution in [1.29, 1.82) is 0 Å². The number of unbranched alkanes of at least 4 members (excludes halogenated alkanes) is 1. The second-order valence-corrected chi connectivity index (χ2v) is 5.76. The lowest BCUT2D eigenvalue weighted by molar-refractivity contribution is 0.151. The highest BCUT2D eigenvalue weighted by Crippen LogP contribution is 2.18. The maximum absolute atomic E-state index is 5.99. The van der Waals surface area contributed by atoms with Crippen LogP contribution in [0.3, 0.4) is 0 Å². The van der Waals surface area contributed by atoms with Crippen LogP contribution in [-0.4, -0.2) is 36.5 Å². The predicted octanol–water partition coefficient (Wildman–Crippen LogP) is 3.07. The Morgan fingerprint density at radius 1 is 1.33 bits per heavy atom. The highest BCUT2D eigenvalue weighted by molar-refractivity contribution is 5.92. The van der Waals surface area contributed by atoms with Crippen LogP contribution in [0.15, 0.2) is 35.3 Å². The number of para-hydroxylation sites is 1. The SMILES string of the molecule is CCCCN1CCCCC1CN=C(N)Nc1ccccc1. The molecule has 0 aromatic heterocycles. The maximum atomic E-state index is 5.99. The molecule has 0 saturated carbocycles. The zero-order valence-corrected chi connectivity index (χ0v) is 13.1. The van der Waals surface area contributed by atoms with Crippen LogP contribution in [0, 0.1) is 0 Å². The summed E-state index contributed by atoms with van der Waals surface area (Å²) < 4.78 is 0. The molecule has 1 aliphatic rings. The normalized spacial score (nSPS) is 20.4. The molecule has 0 bridgehead atoms. The number of guanidine groups is 1. The molecular weight excluding hydrogens is 260 g/mol. The van der Waals surface area contributed by atoms with Crippen molar-refractivity contribution in [2.75, 3.05) is 25.0 Å². The molecule has 1 heterocycles. The van der Waals surface area contributed by atoms with Gasteiger partial charge in [0.1, 0.15) is 0 Å². The molecule has 1 aliphatic heterocycles. The van der Waals surface area contributed by atoms with Crippen LogP contribution < -0.4 is 11.1 Å². The minimum atomic E-state index is 0.516. The number of benzene rings is 1. The Kier molecular flexibility index (Phi) is 6.54. The number of likely N-dealkylation sites (tertiary alicyclic amines) is 1. The van der Waals surface area contributed by atoms with E-state index in [2.05, 4.69) is 22.1 Å². The van der Waals surface area contributed by atoms with Crippen molar-refractivity contribution < 1.29 is 0 Å². The molecule has 21 heavy (non-hydrogen) atoms. The maximum Gasteiger partial charge on any atom is 0.193 e. The van der Waals surface area contributed by atoms with E-state index in [0.717, 1.165) is 12.2 Å². The molecule has 1 aromatic carbocycles. The average molecular weight is 288 g/mol. The van der Waals surface area contributed by atoms with Gasteiger partial charge in [-0.1, -0.05) is 38.0 Å². The Labute approximate surface area is 128 Å². The molecule has 1 unspecified atom stereocenters. The second kappa shape index (κ2) is 8.67. The van der Waals surface area contributed by atoms with Crippen LogP contribution in [0.25, 0.3) is 0 Å². The Morgan fingerprint density at radius 2 is 2.14 bits per heavy atom. The number of rotatable bonds is 6. The van der Waals surface area contributed by atoms with Crippen molar-refractivity contribution in [3.05, 3.63) is 30.3 Å². The van der Waals surface area contributed by atoms with E-state index in [1.807, 2.05) is 30.3 Å². The number of nitrogens with zero attached hydrogens (tertiary/aromatic N) is 2. The molecule has 1 saturated heterocycles. The van der Waals surface area contributed by atoms with E-state index in [4.69, 9.17) is 5.73 Å². The van der Waals surface area contributed by atoms with Gasteiger partial charge in [0.25, 0.3) is 0 Å². The molecule has 2 rings (SSSR count). The van der Waals surface area contributed by atoms with Crippen LogP contribution >= 0.6 is 0 Å². The zero-order chi connectivity index (χ0) is 14.9. The topological polar surface area (TPSA) is 53.6 Å². The number of piperidine rings is 1. The van der Waals surface area contributed by atoms with E-state index in [-0.39, 0.29) is 0 Å². The monoisotopic (exact) mass is 288 g/mol. The van der Waals surface area contributed by atoms with Gasteiger partial charge >= 0.3 is 0 Å². The molecule has 1 aromatic rings. The largest absolute Gasteiger partial charge is 0.370 e. The summed E-state index contributed by atoms with van der Waals surface area (Å²) in [4.78, 5) is 7.13. The summed E-state index contributed by atoms with van der Waals surface area (Å²) in [5.41, 5.74) is 6.98. The Hall–Kier alpha value is -1.55. The number of nitrogens with one attached hydrogen (secondary N) is 1. The molecule has 0 spiro atoms. The molecule has 0 radical (unpaired) electrons. The number of anilines is 1. The molecule has 0 aliphatic carbocycles. The summed E-state index contributed by atoms with van der Waals surface area (Å²) in [5, 5.41) is 3.15. The molecule has 4 heteroatoms. The first-order valence-electron chi connectivity index (χ1n) is 8.15. The number of hydrogen-bond donors (Lipinski definition) is 2. The first-order valence-corrected chi connectivity index (χ1v) is 8.15. The summed E-state index contributed by atoms with van der Waals surface area (Å²) in [6.45, 7) is 5.46. The minimum Gasteiger partial charge on any atom is -0.370 e. The van der Waals surface area contributed by atoms with Crippen molar-refractivity contribution in [2.24, 2.45) is 10.7 Å². The van der Waals surface area contributed by atoms with Crippen LogP contribution in [0.2, 0.25) is 0 Å². The summed E-state index contributed by atoms with van der Waals surface area (Å²) in [6, 6.07) is 10.5. The Morgan fingerprint density at radius 3 is 2.90 bits per heavy atom. The van der Waals surface area contributed by atoms with Gasteiger partial charge in [-0.05, 0) is 44.5 Å². The Balaban J connectivity index is 1.85. The first kappa shape index (κ1) is 15.8. The van der Waals surface area contributed by atoms with Crippen molar-refractivity contribution in [1.82, 2.24) is 4.90 Å². The van der Waals surface area contributed by atoms with Crippen molar-refractivity contribution in [3.8, 4) is 0 Å². The summed E-state index contributed by atoms with van der Waals surface area (Å²) in [6.07, 6.45) is 6.41. The number of aliphatic imine (C=N–C) groups is 1. The summed E-state index contributed by atoms with van der Waals surface area (Å²) in [5.74, 6) is 0.516. The highest BCUT2D eigenvalue weighted by Gasteiger charge is 2.21. The third-order valence-corrected chi connectivity index (χ3v) is 4.07. The van der Waals surface area contributed by atoms with E-state index in [1.165, 1.54) is 45.2 Å². The van der Waals surface area contributed by atoms with Crippen molar-refractivity contribution in [3.63, 3.8) is 0 Å². The van der Waals surface area contributed by atoms with Crippen molar-refractivity contribution in [2.45, 2.75) is 45.1 Å². The van der Waals surface area contributed by atoms with Gasteiger partial charge in [-0.25, -0.2) is 0 Å². The average Bonchev–Trinajstić information content (AvgIpc) is 2.52. The van der Waals surface area contributed by atoms with Crippen LogP contribution in [0.1, 0.15) is 39.0 Å². The highest BCUT2D eigenvalue weighted by atomic mass is 15.2. The molecule has 3 N–H and O–H groups in total. The molecule has 116 valence electrons. The molecule has 4 nitrogen and oxygen atoms in total. The van der Waals surface area contributed by atoms with E-state index < -0.39 is 0 Å². The molecular formula is C17H28N4. The third-order valence-electron chi connectivity index (χ3n) is 4.07. The van der Waals surface area contributed by atoms with Gasteiger partial charge in [-0.3, -0.25) is 9.89 Å². The lowest BCUT2D eigenvalue weighted by atomic mass is 10.0. The lowest BCUT2D eigenvalue weighted by Gasteiger charge is -2.34. The fraction of sp³-hybridized carbons (Fsp3) is 0.588. The van der Waals surface area contributed by atoms with Gasteiger partial charge < -0.3 is 11.1 Å². The number of nitrogens with two attached hydrogens (primary N) is 1. The smallest absolute Gasteiger partial charge is 0.193 e. The van der Waals surface area contributed by atoms with Gasteiger partial charge in [-0.15, -0.1) is 0 Å². The third kappa shape index (κ3) is 5.38. The second-order valence-electron chi connectivity index (χ2n) is 5.76. The first-order chi connectivity index (χ1) is 10.3. The van der Waals surface area contributed by atoms with Gasteiger partial charge in [-0.2, -0.15) is 0 Å². The van der Waals surface area contributed by atoms with Crippen LogP contribution in [0.5, 0.6) is 0 Å². The standard InChI is InChI=1S/C17H28N4/c1-2-3-12-21-13-8-7-11-16(21)14-19-17(18)20-15-9-5-4-6-10-15/h4-6,9-10,16H,2-3,7-8,11-14H2,1H3,(H3,18,19,20).